The van der Waals surface area contributed by atoms with Crippen LogP contribution < -0.4 is 5.32 Å². The molecule has 0 aromatic heterocycles. The van der Waals surface area contributed by atoms with Crippen molar-refractivity contribution in [2.24, 2.45) is 5.92 Å². The first-order valence-corrected chi connectivity index (χ1v) is 7.35. The first-order chi connectivity index (χ1) is 9.08. The second-order valence-electron chi connectivity index (χ2n) is 5.60. The van der Waals surface area contributed by atoms with Crippen LogP contribution in [-0.2, 0) is 0 Å². The van der Waals surface area contributed by atoms with Crippen LogP contribution in [0.2, 0.25) is 5.02 Å². The molecule has 1 aromatic carbocycles. The Hall–Kier alpha value is -0.640. The normalized spacial score (nSPS) is 18.8. The molecule has 1 fully saturated rings. The van der Waals surface area contributed by atoms with Gasteiger partial charge in [-0.25, -0.2) is 4.39 Å². The van der Waals surface area contributed by atoms with Crippen LogP contribution in [0.1, 0.15) is 31.9 Å². The molecule has 106 valence electrons. The van der Waals surface area contributed by atoms with Gasteiger partial charge in [0.2, 0.25) is 0 Å². The van der Waals surface area contributed by atoms with Gasteiger partial charge in [-0.05, 0) is 30.5 Å². The van der Waals surface area contributed by atoms with Crippen molar-refractivity contribution in [1.29, 1.82) is 0 Å². The van der Waals surface area contributed by atoms with Crippen LogP contribution in [0.4, 0.5) is 4.39 Å². The van der Waals surface area contributed by atoms with Crippen molar-refractivity contribution in [3.8, 4) is 0 Å². The summed E-state index contributed by atoms with van der Waals surface area (Å²) in [5, 5.41) is 3.95. The highest BCUT2D eigenvalue weighted by Crippen LogP contribution is 2.31. The zero-order valence-electron chi connectivity index (χ0n) is 11.6. The Morgan fingerprint density at radius 1 is 1.32 bits per heavy atom. The fourth-order valence-corrected chi connectivity index (χ4v) is 2.86. The third-order valence-electron chi connectivity index (χ3n) is 3.60. The van der Waals surface area contributed by atoms with Gasteiger partial charge in [0.1, 0.15) is 5.82 Å². The molecule has 1 aromatic rings. The number of hydrogen-bond donors (Lipinski definition) is 1. The van der Waals surface area contributed by atoms with E-state index in [1.165, 1.54) is 6.07 Å². The first-order valence-electron chi connectivity index (χ1n) is 6.97. The molecule has 2 nitrogen and oxygen atoms in total. The molecule has 1 atom stereocenters. The second kappa shape index (κ2) is 6.69. The highest BCUT2D eigenvalue weighted by atomic mass is 35.5. The number of halogens is 2. The van der Waals surface area contributed by atoms with E-state index in [2.05, 4.69) is 24.1 Å². The number of rotatable bonds is 4. The molecule has 1 saturated heterocycles. The molecule has 0 spiro atoms. The Balaban J connectivity index is 2.27. The zero-order chi connectivity index (χ0) is 13.8. The van der Waals surface area contributed by atoms with E-state index in [1.54, 1.807) is 12.1 Å². The van der Waals surface area contributed by atoms with E-state index < -0.39 is 0 Å². The molecule has 1 heterocycles. The van der Waals surface area contributed by atoms with E-state index in [1.807, 2.05) is 0 Å². The maximum absolute atomic E-state index is 14.1. The molecule has 1 aliphatic rings. The third-order valence-corrected chi connectivity index (χ3v) is 3.84. The fraction of sp³-hybridized carbons (Fsp3) is 0.600. The van der Waals surface area contributed by atoms with E-state index in [-0.39, 0.29) is 11.9 Å². The predicted molar refractivity (Wildman–Crippen MR) is 78.0 cm³/mol. The van der Waals surface area contributed by atoms with Gasteiger partial charge in [-0.2, -0.15) is 0 Å². The molecule has 0 amide bonds. The molecular formula is C15H22ClFN2. The molecule has 1 aliphatic heterocycles. The lowest BCUT2D eigenvalue weighted by molar-refractivity contribution is 0.151. The summed E-state index contributed by atoms with van der Waals surface area (Å²) in [5.41, 5.74) is 0.739. The minimum absolute atomic E-state index is 0.126. The maximum atomic E-state index is 14.1. The largest absolute Gasteiger partial charge is 0.314 e. The van der Waals surface area contributed by atoms with Gasteiger partial charge in [0.25, 0.3) is 0 Å². The van der Waals surface area contributed by atoms with Crippen molar-refractivity contribution < 1.29 is 4.39 Å². The van der Waals surface area contributed by atoms with E-state index in [4.69, 9.17) is 11.6 Å². The smallest absolute Gasteiger partial charge is 0.128 e. The van der Waals surface area contributed by atoms with Crippen LogP contribution >= 0.6 is 11.6 Å². The topological polar surface area (TPSA) is 15.3 Å². The SMILES string of the molecule is CC(C)C[C@H](c1cc(Cl)ccc1F)N1CCNCC1. The molecule has 0 bridgehead atoms. The monoisotopic (exact) mass is 284 g/mol. The van der Waals surface area contributed by atoms with Crippen LogP contribution in [0.15, 0.2) is 18.2 Å². The summed E-state index contributed by atoms with van der Waals surface area (Å²) in [6, 6.07) is 5.00. The minimum Gasteiger partial charge on any atom is -0.314 e. The first kappa shape index (κ1) is 14.8. The van der Waals surface area contributed by atoms with E-state index in [0.717, 1.165) is 38.2 Å². The summed E-state index contributed by atoms with van der Waals surface area (Å²) in [7, 11) is 0. The third kappa shape index (κ3) is 3.91. The lowest BCUT2D eigenvalue weighted by Gasteiger charge is -2.36. The van der Waals surface area contributed by atoms with E-state index >= 15 is 0 Å². The Labute approximate surface area is 119 Å². The maximum Gasteiger partial charge on any atom is 0.128 e. The Kier molecular flexibility index (Phi) is 5.20. The van der Waals surface area contributed by atoms with E-state index in [0.29, 0.717) is 10.9 Å². The summed E-state index contributed by atoms with van der Waals surface area (Å²) in [6.45, 7) is 8.22. The van der Waals surface area contributed by atoms with Gasteiger partial charge >= 0.3 is 0 Å². The number of nitrogens with one attached hydrogen (secondary N) is 1. The van der Waals surface area contributed by atoms with Crippen LogP contribution in [0, 0.1) is 11.7 Å². The molecule has 2 rings (SSSR count). The molecule has 0 unspecified atom stereocenters. The second-order valence-corrected chi connectivity index (χ2v) is 6.03. The van der Waals surface area contributed by atoms with Crippen molar-refractivity contribution >= 4 is 11.6 Å². The molecule has 0 saturated carbocycles. The van der Waals surface area contributed by atoms with Gasteiger partial charge in [0.05, 0.1) is 0 Å². The lowest BCUT2D eigenvalue weighted by Crippen LogP contribution is -2.45. The van der Waals surface area contributed by atoms with Gasteiger partial charge in [-0.15, -0.1) is 0 Å². The molecule has 0 aliphatic carbocycles. The number of hydrogen-bond acceptors (Lipinski definition) is 2. The Morgan fingerprint density at radius 2 is 2.00 bits per heavy atom. The molecule has 19 heavy (non-hydrogen) atoms. The lowest BCUT2D eigenvalue weighted by atomic mass is 9.94. The predicted octanol–water partition coefficient (Wildman–Crippen LogP) is 3.47. The van der Waals surface area contributed by atoms with Crippen LogP contribution in [-0.4, -0.2) is 31.1 Å². The highest BCUT2D eigenvalue weighted by molar-refractivity contribution is 6.30. The van der Waals surface area contributed by atoms with Gasteiger partial charge < -0.3 is 5.32 Å². The van der Waals surface area contributed by atoms with Crippen LogP contribution in [0.5, 0.6) is 0 Å². The summed E-state index contributed by atoms with van der Waals surface area (Å²) in [4.78, 5) is 2.37. The van der Waals surface area contributed by atoms with Crippen molar-refractivity contribution in [1.82, 2.24) is 10.2 Å². The molecule has 4 heteroatoms. The minimum atomic E-state index is -0.145. The van der Waals surface area contributed by atoms with Crippen LogP contribution in [0.3, 0.4) is 0 Å². The molecule has 0 radical (unpaired) electrons. The quantitative estimate of drug-likeness (QED) is 0.911. The zero-order valence-corrected chi connectivity index (χ0v) is 12.4. The van der Waals surface area contributed by atoms with Crippen molar-refractivity contribution in [2.75, 3.05) is 26.2 Å². The average Bonchev–Trinajstić information content (AvgIpc) is 2.40. The van der Waals surface area contributed by atoms with Gasteiger partial charge in [-0.1, -0.05) is 25.4 Å². The summed E-state index contributed by atoms with van der Waals surface area (Å²) in [5.74, 6) is 0.381. The van der Waals surface area contributed by atoms with E-state index in [9.17, 15) is 4.39 Å². The Morgan fingerprint density at radius 3 is 2.63 bits per heavy atom. The summed E-state index contributed by atoms with van der Waals surface area (Å²) >= 11 is 6.04. The fourth-order valence-electron chi connectivity index (χ4n) is 2.68. The van der Waals surface area contributed by atoms with Crippen LogP contribution in [0.25, 0.3) is 0 Å². The summed E-state index contributed by atoms with van der Waals surface area (Å²) < 4.78 is 14.1. The number of nitrogens with zero attached hydrogens (tertiary/aromatic N) is 1. The average molecular weight is 285 g/mol. The van der Waals surface area contributed by atoms with Gasteiger partial charge in [0, 0.05) is 42.8 Å². The number of benzene rings is 1. The van der Waals surface area contributed by atoms with Gasteiger partial charge in [0.15, 0.2) is 0 Å². The standard InChI is InChI=1S/C15H22ClFN2/c1-11(2)9-15(19-7-5-18-6-8-19)13-10-12(16)3-4-14(13)17/h3-4,10-11,15,18H,5-9H2,1-2H3/t15-/m1/s1. The molecular weight excluding hydrogens is 263 g/mol. The van der Waals surface area contributed by atoms with Crippen molar-refractivity contribution in [2.45, 2.75) is 26.3 Å². The number of piperazine rings is 1. The summed E-state index contributed by atoms with van der Waals surface area (Å²) in [6.07, 6.45) is 0.956. The molecule has 1 N–H and O–H groups in total. The highest BCUT2D eigenvalue weighted by Gasteiger charge is 2.25. The van der Waals surface area contributed by atoms with Crippen molar-refractivity contribution in [3.05, 3.63) is 34.6 Å². The Bertz CT molecular complexity index is 417. The van der Waals surface area contributed by atoms with Gasteiger partial charge in [-0.3, -0.25) is 4.90 Å². The van der Waals surface area contributed by atoms with Crippen molar-refractivity contribution in [3.63, 3.8) is 0 Å².